The first-order valence-corrected chi connectivity index (χ1v) is 7.41. The molecule has 100 valence electrons. The Kier molecular flexibility index (Phi) is 4.45. The first-order chi connectivity index (χ1) is 8.58. The molecule has 1 aromatic carbocycles. The van der Waals surface area contributed by atoms with Gasteiger partial charge in [-0.3, -0.25) is 0 Å². The molecular weight excluding hydrogens is 218 g/mol. The fourth-order valence-electron chi connectivity index (χ4n) is 3.05. The van der Waals surface area contributed by atoms with E-state index in [4.69, 9.17) is 0 Å². The molecular formula is C17H27N. The van der Waals surface area contributed by atoms with Gasteiger partial charge in [-0.05, 0) is 42.3 Å². The second kappa shape index (κ2) is 5.88. The van der Waals surface area contributed by atoms with Crippen molar-refractivity contribution in [2.24, 2.45) is 5.92 Å². The van der Waals surface area contributed by atoms with Crippen LogP contribution in [-0.2, 0) is 0 Å². The predicted molar refractivity (Wildman–Crippen MR) is 79.1 cm³/mol. The molecule has 1 N–H and O–H groups in total. The average Bonchev–Trinajstić information content (AvgIpc) is 2.76. The maximum absolute atomic E-state index is 3.67. The highest BCUT2D eigenvalue weighted by Gasteiger charge is 2.28. The summed E-state index contributed by atoms with van der Waals surface area (Å²) in [6.07, 6.45) is 2.58. The van der Waals surface area contributed by atoms with E-state index in [0.29, 0.717) is 17.9 Å². The topological polar surface area (TPSA) is 12.0 Å². The Morgan fingerprint density at radius 1 is 1.11 bits per heavy atom. The molecule has 0 aliphatic carbocycles. The van der Waals surface area contributed by atoms with Crippen molar-refractivity contribution < 1.29 is 0 Å². The van der Waals surface area contributed by atoms with E-state index in [0.717, 1.165) is 5.92 Å². The maximum atomic E-state index is 3.67. The quantitative estimate of drug-likeness (QED) is 0.834. The van der Waals surface area contributed by atoms with Crippen molar-refractivity contribution in [1.29, 1.82) is 0 Å². The van der Waals surface area contributed by atoms with Crippen LogP contribution in [-0.4, -0.2) is 12.6 Å². The lowest BCUT2D eigenvalue weighted by Crippen LogP contribution is -2.27. The minimum Gasteiger partial charge on any atom is -0.313 e. The second-order valence-electron chi connectivity index (χ2n) is 6.41. The number of rotatable bonds is 4. The monoisotopic (exact) mass is 245 g/mol. The van der Waals surface area contributed by atoms with Crippen LogP contribution in [0.2, 0.25) is 0 Å². The van der Waals surface area contributed by atoms with E-state index in [9.17, 15) is 0 Å². The summed E-state index contributed by atoms with van der Waals surface area (Å²) in [4.78, 5) is 0. The fourth-order valence-corrected chi connectivity index (χ4v) is 3.05. The van der Waals surface area contributed by atoms with Gasteiger partial charge in [0.05, 0.1) is 0 Å². The largest absolute Gasteiger partial charge is 0.313 e. The molecule has 2 rings (SSSR count). The molecule has 2 atom stereocenters. The zero-order valence-electron chi connectivity index (χ0n) is 12.2. The van der Waals surface area contributed by atoms with Gasteiger partial charge >= 0.3 is 0 Å². The van der Waals surface area contributed by atoms with Gasteiger partial charge in [-0.1, -0.05) is 52.0 Å². The van der Waals surface area contributed by atoms with Crippen molar-refractivity contribution in [1.82, 2.24) is 5.32 Å². The van der Waals surface area contributed by atoms with E-state index in [2.05, 4.69) is 57.3 Å². The first kappa shape index (κ1) is 13.6. The smallest absolute Gasteiger partial charge is 0.0139 e. The summed E-state index contributed by atoms with van der Waals surface area (Å²) < 4.78 is 0. The van der Waals surface area contributed by atoms with Crippen LogP contribution in [0.25, 0.3) is 0 Å². The summed E-state index contributed by atoms with van der Waals surface area (Å²) in [5.74, 6) is 2.12. The van der Waals surface area contributed by atoms with Gasteiger partial charge in [0.2, 0.25) is 0 Å². The maximum Gasteiger partial charge on any atom is 0.0139 e. The van der Waals surface area contributed by atoms with Gasteiger partial charge in [0.15, 0.2) is 0 Å². The van der Waals surface area contributed by atoms with Gasteiger partial charge in [0, 0.05) is 12.0 Å². The van der Waals surface area contributed by atoms with Crippen LogP contribution in [0.5, 0.6) is 0 Å². The molecule has 0 saturated carbocycles. The zero-order valence-corrected chi connectivity index (χ0v) is 12.2. The lowest BCUT2D eigenvalue weighted by molar-refractivity contribution is 0.434. The summed E-state index contributed by atoms with van der Waals surface area (Å²) in [5, 5.41) is 3.67. The molecule has 0 amide bonds. The number of benzene rings is 1. The highest BCUT2D eigenvalue weighted by Crippen LogP contribution is 2.31. The molecule has 1 aliphatic rings. The molecule has 1 fully saturated rings. The number of hydrogen-bond donors (Lipinski definition) is 1. The lowest BCUT2D eigenvalue weighted by atomic mass is 9.86. The van der Waals surface area contributed by atoms with Crippen molar-refractivity contribution in [3.63, 3.8) is 0 Å². The number of nitrogens with one attached hydrogen (secondary N) is 1. The Bertz CT molecular complexity index is 364. The van der Waals surface area contributed by atoms with Crippen LogP contribution >= 0.6 is 0 Å². The Morgan fingerprint density at radius 3 is 2.33 bits per heavy atom. The molecule has 18 heavy (non-hydrogen) atoms. The normalized spacial score (nSPS) is 24.1. The van der Waals surface area contributed by atoms with E-state index in [1.165, 1.54) is 30.5 Å². The minimum atomic E-state index is 0.632. The van der Waals surface area contributed by atoms with Crippen molar-refractivity contribution in [3.8, 4) is 0 Å². The third kappa shape index (κ3) is 3.14. The first-order valence-electron chi connectivity index (χ1n) is 7.41. The van der Waals surface area contributed by atoms with Crippen LogP contribution < -0.4 is 5.32 Å². The standard InChI is InChI=1S/C17H27N/c1-12(2)11-17-16(9-10-18-17)15-7-5-14(6-8-15)13(3)4/h5-8,12-13,16-18H,9-11H2,1-4H3. The third-order valence-corrected chi connectivity index (χ3v) is 4.10. The van der Waals surface area contributed by atoms with Gasteiger partial charge in [0.25, 0.3) is 0 Å². The molecule has 1 aromatic rings. The highest BCUT2D eigenvalue weighted by molar-refractivity contribution is 5.29. The third-order valence-electron chi connectivity index (χ3n) is 4.10. The zero-order chi connectivity index (χ0) is 13.1. The van der Waals surface area contributed by atoms with Crippen LogP contribution in [0, 0.1) is 5.92 Å². The predicted octanol–water partition coefficient (Wildman–Crippen LogP) is 4.30. The minimum absolute atomic E-state index is 0.632. The molecule has 2 unspecified atom stereocenters. The Balaban J connectivity index is 2.10. The summed E-state index contributed by atoms with van der Waals surface area (Å²) in [5.41, 5.74) is 2.97. The van der Waals surface area contributed by atoms with Crippen molar-refractivity contribution in [2.75, 3.05) is 6.54 Å². The molecule has 0 radical (unpaired) electrons. The Morgan fingerprint density at radius 2 is 1.78 bits per heavy atom. The van der Waals surface area contributed by atoms with Crippen LogP contribution in [0.4, 0.5) is 0 Å². The van der Waals surface area contributed by atoms with E-state index in [-0.39, 0.29) is 0 Å². The highest BCUT2D eigenvalue weighted by atomic mass is 14.9. The van der Waals surface area contributed by atoms with Gasteiger partial charge in [-0.2, -0.15) is 0 Å². The van der Waals surface area contributed by atoms with Crippen LogP contribution in [0.15, 0.2) is 24.3 Å². The van der Waals surface area contributed by atoms with Crippen LogP contribution in [0.3, 0.4) is 0 Å². The van der Waals surface area contributed by atoms with Gasteiger partial charge in [0.1, 0.15) is 0 Å². The SMILES string of the molecule is CC(C)CC1NCCC1c1ccc(C(C)C)cc1. The summed E-state index contributed by atoms with van der Waals surface area (Å²) in [6, 6.07) is 9.99. The average molecular weight is 245 g/mol. The van der Waals surface area contributed by atoms with Crippen molar-refractivity contribution in [3.05, 3.63) is 35.4 Å². The molecule has 1 nitrogen and oxygen atoms in total. The summed E-state index contributed by atoms with van der Waals surface area (Å²) in [7, 11) is 0. The van der Waals surface area contributed by atoms with E-state index in [1.54, 1.807) is 0 Å². The molecule has 1 saturated heterocycles. The van der Waals surface area contributed by atoms with Crippen molar-refractivity contribution in [2.45, 2.75) is 58.4 Å². The Hall–Kier alpha value is -0.820. The molecule has 0 spiro atoms. The van der Waals surface area contributed by atoms with E-state index >= 15 is 0 Å². The summed E-state index contributed by atoms with van der Waals surface area (Å²) in [6.45, 7) is 10.3. The summed E-state index contributed by atoms with van der Waals surface area (Å²) >= 11 is 0. The lowest BCUT2D eigenvalue weighted by Gasteiger charge is -2.22. The Labute approximate surface area is 112 Å². The molecule has 0 aromatic heterocycles. The van der Waals surface area contributed by atoms with Gasteiger partial charge in [-0.15, -0.1) is 0 Å². The molecule has 1 heterocycles. The second-order valence-corrected chi connectivity index (χ2v) is 6.41. The molecule has 1 heteroatoms. The molecule has 1 aliphatic heterocycles. The fraction of sp³-hybridized carbons (Fsp3) is 0.647. The van der Waals surface area contributed by atoms with E-state index < -0.39 is 0 Å². The van der Waals surface area contributed by atoms with Gasteiger partial charge < -0.3 is 5.32 Å². The van der Waals surface area contributed by atoms with E-state index in [1.807, 2.05) is 0 Å². The van der Waals surface area contributed by atoms with Gasteiger partial charge in [-0.25, -0.2) is 0 Å². The van der Waals surface area contributed by atoms with Crippen molar-refractivity contribution >= 4 is 0 Å². The van der Waals surface area contributed by atoms with Crippen LogP contribution in [0.1, 0.15) is 63.5 Å². The number of hydrogen-bond acceptors (Lipinski definition) is 1. The molecule has 0 bridgehead atoms.